The predicted octanol–water partition coefficient (Wildman–Crippen LogP) is 0.504. The van der Waals surface area contributed by atoms with Gasteiger partial charge >= 0.3 is 0 Å². The summed E-state index contributed by atoms with van der Waals surface area (Å²) in [5.41, 5.74) is 0.196. The molecule has 0 radical (unpaired) electrons. The Morgan fingerprint density at radius 3 is 2.52 bits per heavy atom. The number of ether oxygens (including phenoxy) is 1. The first-order valence-electron chi connectivity index (χ1n) is 7.51. The number of aliphatic hydroxyl groups excluding tert-OH is 1. The van der Waals surface area contributed by atoms with E-state index in [9.17, 15) is 18.3 Å². The van der Waals surface area contributed by atoms with Crippen LogP contribution in [-0.2, 0) is 26.0 Å². The highest BCUT2D eigenvalue weighted by molar-refractivity contribution is 7.91. The normalized spacial score (nSPS) is 23.6. The topological polar surface area (TPSA) is 92.7 Å². The van der Waals surface area contributed by atoms with Crippen molar-refractivity contribution < 1.29 is 23.1 Å². The molecule has 0 bridgehead atoms. The summed E-state index contributed by atoms with van der Waals surface area (Å²) in [6, 6.07) is 8.87. The van der Waals surface area contributed by atoms with E-state index < -0.39 is 27.4 Å². The lowest BCUT2D eigenvalue weighted by molar-refractivity contribution is -0.134. The summed E-state index contributed by atoms with van der Waals surface area (Å²) in [5.74, 6) is -0.851. The van der Waals surface area contributed by atoms with E-state index in [0.29, 0.717) is 6.61 Å². The molecule has 7 heteroatoms. The highest BCUT2D eigenvalue weighted by atomic mass is 32.2. The molecule has 2 atom stereocenters. The second-order valence-corrected chi connectivity index (χ2v) is 8.74. The zero-order valence-electron chi connectivity index (χ0n) is 13.4. The number of hydrogen-bond acceptors (Lipinski definition) is 5. The molecule has 0 spiro atoms. The van der Waals surface area contributed by atoms with Crippen molar-refractivity contribution in [1.82, 2.24) is 5.32 Å². The Bertz CT molecular complexity index is 642. The van der Waals surface area contributed by atoms with Crippen LogP contribution in [0.4, 0.5) is 0 Å². The third kappa shape index (κ3) is 5.02. The molecule has 2 rings (SSSR count). The summed E-state index contributed by atoms with van der Waals surface area (Å²) in [6.45, 7) is 4.05. The van der Waals surface area contributed by atoms with Crippen molar-refractivity contribution in [3.63, 3.8) is 0 Å². The fourth-order valence-corrected chi connectivity index (χ4v) is 4.14. The number of carbonyl (C=O) groups excluding carboxylic acids is 1. The van der Waals surface area contributed by atoms with Gasteiger partial charge in [0.05, 0.1) is 42.3 Å². The van der Waals surface area contributed by atoms with Gasteiger partial charge in [0.2, 0.25) is 5.91 Å². The molecule has 1 aliphatic heterocycles. The van der Waals surface area contributed by atoms with Gasteiger partial charge in [-0.1, -0.05) is 30.3 Å². The summed E-state index contributed by atoms with van der Waals surface area (Å²) in [4.78, 5) is 12.3. The van der Waals surface area contributed by atoms with Crippen LogP contribution in [0.3, 0.4) is 0 Å². The lowest BCUT2D eigenvalue weighted by Crippen LogP contribution is -2.49. The van der Waals surface area contributed by atoms with Crippen LogP contribution in [0.1, 0.15) is 19.4 Å². The summed E-state index contributed by atoms with van der Waals surface area (Å²) >= 11 is 0. The molecule has 1 heterocycles. The number of rotatable bonds is 6. The number of hydrogen-bond donors (Lipinski definition) is 2. The van der Waals surface area contributed by atoms with Gasteiger partial charge < -0.3 is 15.2 Å². The molecule has 0 aromatic heterocycles. The van der Waals surface area contributed by atoms with Crippen molar-refractivity contribution in [3.8, 4) is 0 Å². The van der Waals surface area contributed by atoms with Crippen molar-refractivity contribution in [2.24, 2.45) is 5.41 Å². The summed E-state index contributed by atoms with van der Waals surface area (Å²) in [7, 11) is -3.28. The number of aliphatic hydroxyl groups is 1. The smallest absolute Gasteiger partial charge is 0.228 e. The third-order valence-electron chi connectivity index (χ3n) is 3.83. The van der Waals surface area contributed by atoms with Gasteiger partial charge in [0.25, 0.3) is 0 Å². The van der Waals surface area contributed by atoms with E-state index in [1.807, 2.05) is 30.3 Å². The Balaban J connectivity index is 1.85. The molecule has 1 aliphatic rings. The van der Waals surface area contributed by atoms with Crippen LogP contribution in [0.5, 0.6) is 0 Å². The average molecular weight is 341 g/mol. The van der Waals surface area contributed by atoms with Gasteiger partial charge in [-0.2, -0.15) is 0 Å². The van der Waals surface area contributed by atoms with E-state index in [4.69, 9.17) is 4.74 Å². The van der Waals surface area contributed by atoms with Crippen molar-refractivity contribution in [3.05, 3.63) is 35.9 Å². The van der Waals surface area contributed by atoms with E-state index in [2.05, 4.69) is 5.32 Å². The van der Waals surface area contributed by atoms with Crippen molar-refractivity contribution in [2.45, 2.75) is 32.6 Å². The van der Waals surface area contributed by atoms with E-state index in [0.717, 1.165) is 5.56 Å². The van der Waals surface area contributed by atoms with Gasteiger partial charge in [-0.3, -0.25) is 4.79 Å². The van der Waals surface area contributed by atoms with Gasteiger partial charge in [0.15, 0.2) is 9.84 Å². The van der Waals surface area contributed by atoms with Gasteiger partial charge in [-0.15, -0.1) is 0 Å². The molecule has 1 saturated heterocycles. The molecule has 1 fully saturated rings. The molecule has 0 saturated carbocycles. The highest BCUT2D eigenvalue weighted by Gasteiger charge is 2.39. The minimum atomic E-state index is -3.28. The van der Waals surface area contributed by atoms with Crippen molar-refractivity contribution in [1.29, 1.82) is 0 Å². The van der Waals surface area contributed by atoms with Gasteiger partial charge in [0, 0.05) is 0 Å². The van der Waals surface area contributed by atoms with Gasteiger partial charge in [-0.05, 0) is 19.4 Å². The van der Waals surface area contributed by atoms with Gasteiger partial charge in [-0.25, -0.2) is 8.42 Å². The van der Waals surface area contributed by atoms with E-state index in [-0.39, 0.29) is 24.0 Å². The molecule has 1 aromatic rings. The van der Waals surface area contributed by atoms with Crippen LogP contribution in [0.15, 0.2) is 30.3 Å². The number of carbonyl (C=O) groups is 1. The van der Waals surface area contributed by atoms with Crippen LogP contribution < -0.4 is 5.32 Å². The summed E-state index contributed by atoms with van der Waals surface area (Å²) in [6.07, 6.45) is -1.05. The minimum absolute atomic E-state index is 0.198. The average Bonchev–Trinajstić information content (AvgIpc) is 2.72. The lowest BCUT2D eigenvalue weighted by atomic mass is 9.93. The molecule has 0 unspecified atom stereocenters. The molecule has 1 aromatic carbocycles. The van der Waals surface area contributed by atoms with E-state index >= 15 is 0 Å². The Kier molecular flexibility index (Phi) is 5.44. The first-order valence-corrected chi connectivity index (χ1v) is 9.33. The third-order valence-corrected chi connectivity index (χ3v) is 5.54. The summed E-state index contributed by atoms with van der Waals surface area (Å²) in [5, 5.41) is 12.4. The Labute approximate surface area is 136 Å². The van der Waals surface area contributed by atoms with Crippen LogP contribution in [-0.4, -0.2) is 49.7 Å². The lowest BCUT2D eigenvalue weighted by Gasteiger charge is -2.26. The van der Waals surface area contributed by atoms with E-state index in [1.54, 1.807) is 13.8 Å². The largest absolute Gasteiger partial charge is 0.390 e. The molecule has 23 heavy (non-hydrogen) atoms. The fourth-order valence-electron chi connectivity index (χ4n) is 2.39. The Morgan fingerprint density at radius 1 is 1.30 bits per heavy atom. The molecule has 1 amide bonds. The molecular weight excluding hydrogens is 318 g/mol. The number of amides is 1. The maximum absolute atomic E-state index is 12.3. The number of nitrogens with one attached hydrogen (secondary N) is 1. The standard InChI is InChI=1S/C16H23NO5S/c1-16(2,11-22-8-12-6-4-3-5-7-12)15(19)17-13-9-23(20,21)10-14(13)18/h3-7,13-14,18H,8-11H2,1-2H3,(H,17,19)/t13-,14-/m1/s1. The first kappa shape index (κ1) is 17.9. The summed E-state index contributed by atoms with van der Waals surface area (Å²) < 4.78 is 28.5. The maximum Gasteiger partial charge on any atom is 0.228 e. The first-order chi connectivity index (χ1) is 10.7. The molecule has 6 nitrogen and oxygen atoms in total. The van der Waals surface area contributed by atoms with Crippen LogP contribution in [0.2, 0.25) is 0 Å². The SMILES string of the molecule is CC(C)(COCc1ccccc1)C(=O)N[C@@H]1CS(=O)(=O)C[C@H]1O. The van der Waals surface area contributed by atoms with Crippen molar-refractivity contribution in [2.75, 3.05) is 18.1 Å². The van der Waals surface area contributed by atoms with Crippen LogP contribution in [0.25, 0.3) is 0 Å². The molecule has 128 valence electrons. The van der Waals surface area contributed by atoms with Crippen LogP contribution in [0, 0.1) is 5.41 Å². The number of benzene rings is 1. The monoisotopic (exact) mass is 341 g/mol. The Morgan fingerprint density at radius 2 is 1.96 bits per heavy atom. The number of sulfone groups is 1. The van der Waals surface area contributed by atoms with E-state index in [1.165, 1.54) is 0 Å². The fraction of sp³-hybridized carbons (Fsp3) is 0.562. The quantitative estimate of drug-likeness (QED) is 0.786. The molecular formula is C16H23NO5S. The van der Waals surface area contributed by atoms with Gasteiger partial charge in [0.1, 0.15) is 0 Å². The zero-order chi connectivity index (χ0) is 17.1. The minimum Gasteiger partial charge on any atom is -0.390 e. The zero-order valence-corrected chi connectivity index (χ0v) is 14.2. The second-order valence-electron chi connectivity index (χ2n) is 6.59. The molecule has 2 N–H and O–H groups in total. The highest BCUT2D eigenvalue weighted by Crippen LogP contribution is 2.19. The second kappa shape index (κ2) is 6.98. The molecule has 0 aliphatic carbocycles. The van der Waals surface area contributed by atoms with Crippen LogP contribution >= 0.6 is 0 Å². The van der Waals surface area contributed by atoms with Crippen molar-refractivity contribution >= 4 is 15.7 Å². The maximum atomic E-state index is 12.3. The Hall–Kier alpha value is -1.44. The predicted molar refractivity (Wildman–Crippen MR) is 86.5 cm³/mol.